The zero-order valence-electron chi connectivity index (χ0n) is 11.2. The van der Waals surface area contributed by atoms with E-state index in [2.05, 4.69) is 24.3 Å². The summed E-state index contributed by atoms with van der Waals surface area (Å²) in [7, 11) is 1.72. The topological polar surface area (TPSA) is 9.23 Å². The van der Waals surface area contributed by atoms with Gasteiger partial charge in [0.25, 0.3) is 0 Å². The molecule has 18 heavy (non-hydrogen) atoms. The van der Waals surface area contributed by atoms with E-state index < -0.39 is 0 Å². The molecule has 1 fully saturated rings. The molecule has 0 radical (unpaired) electrons. The SMILES string of the molecule is COCc1ccc(C2CCC(CCF)CC2)cc1. The van der Waals surface area contributed by atoms with Gasteiger partial charge < -0.3 is 4.74 Å². The first kappa shape index (κ1) is 13.5. The molecule has 1 aliphatic rings. The maximum absolute atomic E-state index is 12.3. The van der Waals surface area contributed by atoms with Crippen LogP contribution in [0.4, 0.5) is 4.39 Å². The molecule has 1 saturated carbocycles. The molecule has 0 saturated heterocycles. The highest BCUT2D eigenvalue weighted by atomic mass is 19.1. The highest BCUT2D eigenvalue weighted by molar-refractivity contribution is 5.25. The number of hydrogen-bond acceptors (Lipinski definition) is 1. The smallest absolute Gasteiger partial charge is 0.0897 e. The zero-order chi connectivity index (χ0) is 12.8. The molecule has 0 heterocycles. The quantitative estimate of drug-likeness (QED) is 0.749. The van der Waals surface area contributed by atoms with Gasteiger partial charge in [0.1, 0.15) is 0 Å². The summed E-state index contributed by atoms with van der Waals surface area (Å²) in [5.41, 5.74) is 2.67. The van der Waals surface area contributed by atoms with E-state index in [4.69, 9.17) is 4.74 Å². The standard InChI is InChI=1S/C16H23FO/c1-18-12-14-4-8-16(9-5-14)15-6-2-13(3-7-15)10-11-17/h4-5,8-9,13,15H,2-3,6-7,10-12H2,1H3. The predicted molar refractivity (Wildman–Crippen MR) is 72.4 cm³/mol. The Kier molecular flexibility index (Phi) is 5.18. The Labute approximate surface area is 109 Å². The van der Waals surface area contributed by atoms with E-state index >= 15 is 0 Å². The second kappa shape index (κ2) is 6.89. The predicted octanol–water partition coefficient (Wildman–Crippen LogP) is 4.47. The van der Waals surface area contributed by atoms with Crippen LogP contribution in [-0.2, 0) is 11.3 Å². The summed E-state index contributed by atoms with van der Waals surface area (Å²) in [6.45, 7) is 0.532. The van der Waals surface area contributed by atoms with Gasteiger partial charge in [-0.15, -0.1) is 0 Å². The summed E-state index contributed by atoms with van der Waals surface area (Å²) in [5.74, 6) is 1.30. The van der Waals surface area contributed by atoms with Crippen LogP contribution < -0.4 is 0 Å². The van der Waals surface area contributed by atoms with E-state index in [9.17, 15) is 4.39 Å². The minimum absolute atomic E-state index is 0.152. The summed E-state index contributed by atoms with van der Waals surface area (Å²) in [6, 6.07) is 8.78. The third kappa shape index (κ3) is 3.55. The zero-order valence-corrected chi connectivity index (χ0v) is 11.2. The first-order chi connectivity index (χ1) is 8.83. The van der Waals surface area contributed by atoms with Crippen molar-refractivity contribution < 1.29 is 9.13 Å². The van der Waals surface area contributed by atoms with E-state index in [1.54, 1.807) is 7.11 Å². The third-order valence-corrected chi connectivity index (χ3v) is 4.13. The van der Waals surface area contributed by atoms with Gasteiger partial charge in [-0.3, -0.25) is 4.39 Å². The fraction of sp³-hybridized carbons (Fsp3) is 0.625. The second-order valence-corrected chi connectivity index (χ2v) is 5.37. The molecule has 0 spiro atoms. The van der Waals surface area contributed by atoms with Gasteiger partial charge in [-0.05, 0) is 55.1 Å². The number of ether oxygens (including phenoxy) is 1. The minimum Gasteiger partial charge on any atom is -0.380 e. The molecule has 2 rings (SSSR count). The van der Waals surface area contributed by atoms with E-state index in [0.717, 1.165) is 6.42 Å². The molecule has 1 aliphatic carbocycles. The third-order valence-electron chi connectivity index (χ3n) is 4.13. The minimum atomic E-state index is -0.152. The number of alkyl halides is 1. The summed E-state index contributed by atoms with van der Waals surface area (Å²) < 4.78 is 17.4. The number of methoxy groups -OCH3 is 1. The van der Waals surface area contributed by atoms with Crippen LogP contribution in [0.25, 0.3) is 0 Å². The van der Waals surface area contributed by atoms with E-state index in [1.165, 1.54) is 36.8 Å². The Hall–Kier alpha value is -0.890. The van der Waals surface area contributed by atoms with E-state index in [0.29, 0.717) is 18.4 Å². The number of hydrogen-bond donors (Lipinski definition) is 0. The van der Waals surface area contributed by atoms with Crippen molar-refractivity contribution in [3.63, 3.8) is 0 Å². The van der Waals surface area contributed by atoms with Gasteiger partial charge in [-0.2, -0.15) is 0 Å². The Balaban J connectivity index is 1.89. The van der Waals surface area contributed by atoms with Crippen molar-refractivity contribution in [3.05, 3.63) is 35.4 Å². The molecular formula is C16H23FO. The molecule has 100 valence electrons. The highest BCUT2D eigenvalue weighted by Crippen LogP contribution is 2.37. The summed E-state index contributed by atoms with van der Waals surface area (Å²) in [4.78, 5) is 0. The Bertz CT molecular complexity index is 339. The van der Waals surface area contributed by atoms with Gasteiger partial charge in [-0.25, -0.2) is 0 Å². The maximum atomic E-state index is 12.3. The highest BCUT2D eigenvalue weighted by Gasteiger charge is 2.21. The first-order valence-electron chi connectivity index (χ1n) is 6.97. The average Bonchev–Trinajstić information content (AvgIpc) is 2.41. The molecular weight excluding hydrogens is 227 g/mol. The number of rotatable bonds is 5. The molecule has 0 bridgehead atoms. The van der Waals surface area contributed by atoms with Crippen molar-refractivity contribution in [2.45, 2.75) is 44.6 Å². The molecule has 1 aromatic rings. The van der Waals surface area contributed by atoms with E-state index in [1.807, 2.05) is 0 Å². The molecule has 1 aromatic carbocycles. The lowest BCUT2D eigenvalue weighted by molar-refractivity contribution is 0.185. The van der Waals surface area contributed by atoms with Crippen LogP contribution in [0.1, 0.15) is 49.1 Å². The fourth-order valence-electron chi connectivity index (χ4n) is 2.99. The van der Waals surface area contributed by atoms with Crippen molar-refractivity contribution in [1.82, 2.24) is 0 Å². The molecule has 0 aromatic heterocycles. The molecule has 0 atom stereocenters. The number of halogens is 1. The van der Waals surface area contributed by atoms with Crippen molar-refractivity contribution in [3.8, 4) is 0 Å². The normalized spacial score (nSPS) is 24.1. The lowest BCUT2D eigenvalue weighted by Crippen LogP contribution is -2.13. The van der Waals surface area contributed by atoms with Gasteiger partial charge >= 0.3 is 0 Å². The summed E-state index contributed by atoms with van der Waals surface area (Å²) in [6.07, 6.45) is 5.57. The lowest BCUT2D eigenvalue weighted by atomic mass is 9.77. The van der Waals surface area contributed by atoms with Crippen molar-refractivity contribution in [2.24, 2.45) is 5.92 Å². The Morgan fingerprint density at radius 2 is 1.78 bits per heavy atom. The number of benzene rings is 1. The van der Waals surface area contributed by atoms with Gasteiger partial charge in [0, 0.05) is 7.11 Å². The van der Waals surface area contributed by atoms with Crippen molar-refractivity contribution in [1.29, 1.82) is 0 Å². The summed E-state index contributed by atoms with van der Waals surface area (Å²) in [5, 5.41) is 0. The molecule has 0 unspecified atom stereocenters. The molecule has 0 aliphatic heterocycles. The molecule has 0 N–H and O–H groups in total. The van der Waals surface area contributed by atoms with Gasteiger partial charge in [-0.1, -0.05) is 24.3 Å². The van der Waals surface area contributed by atoms with Crippen molar-refractivity contribution in [2.75, 3.05) is 13.8 Å². The van der Waals surface area contributed by atoms with Crippen molar-refractivity contribution >= 4 is 0 Å². The Morgan fingerprint density at radius 1 is 1.11 bits per heavy atom. The maximum Gasteiger partial charge on any atom is 0.0897 e. The summed E-state index contributed by atoms with van der Waals surface area (Å²) >= 11 is 0. The monoisotopic (exact) mass is 250 g/mol. The van der Waals surface area contributed by atoms with Gasteiger partial charge in [0.05, 0.1) is 13.3 Å². The van der Waals surface area contributed by atoms with Crippen LogP contribution in [0.3, 0.4) is 0 Å². The molecule has 1 nitrogen and oxygen atoms in total. The average molecular weight is 250 g/mol. The van der Waals surface area contributed by atoms with Crippen LogP contribution >= 0.6 is 0 Å². The van der Waals surface area contributed by atoms with Crippen LogP contribution in [0.5, 0.6) is 0 Å². The Morgan fingerprint density at radius 3 is 2.33 bits per heavy atom. The van der Waals surface area contributed by atoms with E-state index in [-0.39, 0.29) is 6.67 Å². The van der Waals surface area contributed by atoms with Crippen LogP contribution in [0.2, 0.25) is 0 Å². The molecule has 2 heteroatoms. The van der Waals surface area contributed by atoms with Crippen LogP contribution in [0.15, 0.2) is 24.3 Å². The largest absolute Gasteiger partial charge is 0.380 e. The second-order valence-electron chi connectivity index (χ2n) is 5.37. The first-order valence-corrected chi connectivity index (χ1v) is 6.97. The van der Waals surface area contributed by atoms with Crippen LogP contribution in [-0.4, -0.2) is 13.8 Å². The lowest BCUT2D eigenvalue weighted by Gasteiger charge is -2.28. The van der Waals surface area contributed by atoms with Gasteiger partial charge in [0.15, 0.2) is 0 Å². The van der Waals surface area contributed by atoms with Crippen LogP contribution in [0, 0.1) is 5.92 Å². The van der Waals surface area contributed by atoms with Gasteiger partial charge in [0.2, 0.25) is 0 Å². The molecule has 0 amide bonds. The fourth-order valence-corrected chi connectivity index (χ4v) is 2.99.